The molecule has 30 heavy (non-hydrogen) atoms. The molecule has 0 unspecified atom stereocenters. The van der Waals surface area contributed by atoms with Crippen LogP contribution in [0.5, 0.6) is 11.5 Å². The minimum Gasteiger partial charge on any atom is -0.497 e. The van der Waals surface area contributed by atoms with Gasteiger partial charge in [0.15, 0.2) is 0 Å². The van der Waals surface area contributed by atoms with Crippen LogP contribution in [0.1, 0.15) is 94.6 Å². The second-order valence-corrected chi connectivity index (χ2v) is 8.93. The molecule has 0 N–H and O–H groups in total. The standard InChI is InChI=1S/C28H40O2/c1-29-26-18-14-24(15-19-26)28(25-16-20-27(30-2)21-17-25)22-12-10-8-6-4-3-5-7-9-11-13-23-28/h14-21H,3-13,22-23H2,1-2H3. The number of benzene rings is 2. The molecular weight excluding hydrogens is 368 g/mol. The van der Waals surface area contributed by atoms with Crippen molar-refractivity contribution in [3.8, 4) is 11.5 Å². The van der Waals surface area contributed by atoms with E-state index < -0.39 is 0 Å². The first-order chi connectivity index (χ1) is 14.8. The maximum atomic E-state index is 5.45. The number of hydrogen-bond acceptors (Lipinski definition) is 2. The van der Waals surface area contributed by atoms with Gasteiger partial charge in [0.2, 0.25) is 0 Å². The molecule has 3 rings (SSSR count). The average Bonchev–Trinajstić information content (AvgIpc) is 2.80. The predicted octanol–water partition coefficient (Wildman–Crippen LogP) is 8.07. The fourth-order valence-electron chi connectivity index (χ4n) is 5.13. The summed E-state index contributed by atoms with van der Waals surface area (Å²) in [4.78, 5) is 0. The van der Waals surface area contributed by atoms with Gasteiger partial charge in [-0.1, -0.05) is 94.9 Å². The molecule has 0 radical (unpaired) electrons. The fourth-order valence-corrected chi connectivity index (χ4v) is 5.13. The zero-order valence-corrected chi connectivity index (χ0v) is 19.1. The van der Waals surface area contributed by atoms with Crippen LogP contribution in [0.25, 0.3) is 0 Å². The van der Waals surface area contributed by atoms with Crippen molar-refractivity contribution in [1.82, 2.24) is 0 Å². The highest BCUT2D eigenvalue weighted by Gasteiger charge is 2.33. The van der Waals surface area contributed by atoms with Crippen LogP contribution in [0.2, 0.25) is 0 Å². The molecule has 1 saturated carbocycles. The number of ether oxygens (including phenoxy) is 2. The average molecular weight is 409 g/mol. The lowest BCUT2D eigenvalue weighted by Crippen LogP contribution is -2.28. The van der Waals surface area contributed by atoms with E-state index in [0.717, 1.165) is 11.5 Å². The molecule has 1 aliphatic rings. The van der Waals surface area contributed by atoms with E-state index in [1.807, 2.05) is 0 Å². The first-order valence-corrected chi connectivity index (χ1v) is 12.1. The zero-order chi connectivity index (χ0) is 21.1. The quantitative estimate of drug-likeness (QED) is 0.509. The smallest absolute Gasteiger partial charge is 0.118 e. The summed E-state index contributed by atoms with van der Waals surface area (Å²) in [6.45, 7) is 0. The van der Waals surface area contributed by atoms with Crippen LogP contribution in [0.3, 0.4) is 0 Å². The van der Waals surface area contributed by atoms with Crippen LogP contribution in [-0.4, -0.2) is 14.2 Å². The predicted molar refractivity (Wildman–Crippen MR) is 127 cm³/mol. The van der Waals surface area contributed by atoms with E-state index in [1.165, 1.54) is 94.6 Å². The lowest BCUT2D eigenvalue weighted by Gasteiger charge is -2.36. The Morgan fingerprint density at radius 2 is 0.767 bits per heavy atom. The number of rotatable bonds is 4. The van der Waals surface area contributed by atoms with E-state index in [-0.39, 0.29) is 5.41 Å². The van der Waals surface area contributed by atoms with E-state index in [1.54, 1.807) is 14.2 Å². The van der Waals surface area contributed by atoms with E-state index in [0.29, 0.717) is 0 Å². The van der Waals surface area contributed by atoms with Gasteiger partial charge in [-0.3, -0.25) is 0 Å². The van der Waals surface area contributed by atoms with Crippen LogP contribution in [-0.2, 0) is 5.41 Å². The molecule has 0 spiro atoms. The molecule has 0 atom stereocenters. The third kappa shape index (κ3) is 6.03. The van der Waals surface area contributed by atoms with Crippen molar-refractivity contribution >= 4 is 0 Å². The van der Waals surface area contributed by atoms with Crippen molar-refractivity contribution in [3.63, 3.8) is 0 Å². The molecule has 1 aliphatic carbocycles. The topological polar surface area (TPSA) is 18.5 Å². The maximum Gasteiger partial charge on any atom is 0.118 e. The van der Waals surface area contributed by atoms with E-state index in [2.05, 4.69) is 48.5 Å². The summed E-state index contributed by atoms with van der Waals surface area (Å²) in [5, 5.41) is 0. The Labute approximate surface area is 184 Å². The Hall–Kier alpha value is -1.96. The summed E-state index contributed by atoms with van der Waals surface area (Å²) >= 11 is 0. The molecule has 164 valence electrons. The van der Waals surface area contributed by atoms with Crippen LogP contribution >= 0.6 is 0 Å². The molecule has 2 nitrogen and oxygen atoms in total. The fraction of sp³-hybridized carbons (Fsp3) is 0.571. The van der Waals surface area contributed by atoms with Crippen molar-refractivity contribution in [3.05, 3.63) is 59.7 Å². The van der Waals surface area contributed by atoms with Crippen LogP contribution in [0.15, 0.2) is 48.5 Å². The SMILES string of the molecule is COc1ccc(C2(c3ccc(OC)cc3)CCCCCCCCCCCCC2)cc1. The molecule has 0 aliphatic heterocycles. The lowest BCUT2D eigenvalue weighted by atomic mass is 9.67. The maximum absolute atomic E-state index is 5.45. The van der Waals surface area contributed by atoms with Gasteiger partial charge >= 0.3 is 0 Å². The van der Waals surface area contributed by atoms with Gasteiger partial charge < -0.3 is 9.47 Å². The summed E-state index contributed by atoms with van der Waals surface area (Å²) in [6.07, 6.45) is 17.5. The molecule has 0 aromatic heterocycles. The summed E-state index contributed by atoms with van der Waals surface area (Å²) in [5.41, 5.74) is 2.93. The summed E-state index contributed by atoms with van der Waals surface area (Å²) in [7, 11) is 3.49. The minimum absolute atomic E-state index is 0.0721. The Kier molecular flexibility index (Phi) is 9.11. The van der Waals surface area contributed by atoms with Gasteiger partial charge in [-0.15, -0.1) is 0 Å². The molecular formula is C28H40O2. The second kappa shape index (κ2) is 12.0. The van der Waals surface area contributed by atoms with Crippen molar-refractivity contribution in [2.24, 2.45) is 0 Å². The minimum atomic E-state index is 0.0721. The summed E-state index contributed by atoms with van der Waals surface area (Å²) < 4.78 is 10.9. The summed E-state index contributed by atoms with van der Waals surface area (Å²) in [6, 6.07) is 17.7. The molecule has 2 aromatic rings. The molecule has 0 heterocycles. The van der Waals surface area contributed by atoms with Crippen molar-refractivity contribution in [2.45, 2.75) is 88.9 Å². The van der Waals surface area contributed by atoms with E-state index >= 15 is 0 Å². The van der Waals surface area contributed by atoms with Gasteiger partial charge in [-0.05, 0) is 48.2 Å². The Balaban J connectivity index is 1.93. The first kappa shape index (κ1) is 22.7. The molecule has 0 bridgehead atoms. The van der Waals surface area contributed by atoms with Gasteiger partial charge in [-0.2, -0.15) is 0 Å². The monoisotopic (exact) mass is 408 g/mol. The van der Waals surface area contributed by atoms with Gasteiger partial charge in [0.1, 0.15) is 11.5 Å². The third-order valence-corrected chi connectivity index (χ3v) is 6.99. The van der Waals surface area contributed by atoms with Crippen LogP contribution < -0.4 is 9.47 Å². The molecule has 2 aromatic carbocycles. The highest BCUT2D eigenvalue weighted by Crippen LogP contribution is 2.43. The Morgan fingerprint density at radius 3 is 1.07 bits per heavy atom. The van der Waals surface area contributed by atoms with Gasteiger partial charge in [0, 0.05) is 5.41 Å². The van der Waals surface area contributed by atoms with Crippen molar-refractivity contribution in [2.75, 3.05) is 14.2 Å². The summed E-state index contributed by atoms with van der Waals surface area (Å²) in [5.74, 6) is 1.87. The van der Waals surface area contributed by atoms with Crippen LogP contribution in [0.4, 0.5) is 0 Å². The number of hydrogen-bond donors (Lipinski definition) is 0. The van der Waals surface area contributed by atoms with Gasteiger partial charge in [0.25, 0.3) is 0 Å². The number of methoxy groups -OCH3 is 2. The first-order valence-electron chi connectivity index (χ1n) is 12.1. The third-order valence-electron chi connectivity index (χ3n) is 6.99. The molecule has 1 fully saturated rings. The van der Waals surface area contributed by atoms with Gasteiger partial charge in [0.05, 0.1) is 14.2 Å². The molecule has 0 amide bonds. The Morgan fingerprint density at radius 1 is 0.467 bits per heavy atom. The second-order valence-electron chi connectivity index (χ2n) is 8.93. The highest BCUT2D eigenvalue weighted by molar-refractivity contribution is 5.43. The lowest BCUT2D eigenvalue weighted by molar-refractivity contribution is 0.382. The highest BCUT2D eigenvalue weighted by atomic mass is 16.5. The molecule has 0 saturated heterocycles. The normalized spacial score (nSPS) is 18.9. The largest absolute Gasteiger partial charge is 0.497 e. The van der Waals surface area contributed by atoms with E-state index in [4.69, 9.17) is 9.47 Å². The van der Waals surface area contributed by atoms with Crippen molar-refractivity contribution < 1.29 is 9.47 Å². The van der Waals surface area contributed by atoms with Crippen molar-refractivity contribution in [1.29, 1.82) is 0 Å². The zero-order valence-electron chi connectivity index (χ0n) is 19.1. The molecule has 2 heteroatoms. The van der Waals surface area contributed by atoms with Gasteiger partial charge in [-0.25, -0.2) is 0 Å². The van der Waals surface area contributed by atoms with Crippen LogP contribution in [0, 0.1) is 0 Å². The van der Waals surface area contributed by atoms with E-state index in [9.17, 15) is 0 Å². The Bertz CT molecular complexity index is 654.